The van der Waals surface area contributed by atoms with Crippen LogP contribution in [0.5, 0.6) is 0 Å². The van der Waals surface area contributed by atoms with E-state index in [2.05, 4.69) is 38.1 Å². The number of hydrogen-bond acceptors (Lipinski definition) is 0. The maximum Gasteiger partial charge on any atom is -0.0219 e. The second-order valence-electron chi connectivity index (χ2n) is 4.29. The molecular weight excluding hydrogens is 144 g/mol. The molecule has 0 saturated carbocycles. The number of rotatable bonds is 1. The topological polar surface area (TPSA) is 0 Å². The van der Waals surface area contributed by atoms with Gasteiger partial charge in [0.15, 0.2) is 0 Å². The van der Waals surface area contributed by atoms with E-state index in [1.165, 1.54) is 19.3 Å². The summed E-state index contributed by atoms with van der Waals surface area (Å²) in [5, 5.41) is 0. The molecule has 12 heavy (non-hydrogen) atoms. The van der Waals surface area contributed by atoms with Gasteiger partial charge in [-0.25, -0.2) is 0 Å². The smallest absolute Gasteiger partial charge is 0.0219 e. The van der Waals surface area contributed by atoms with Gasteiger partial charge < -0.3 is 0 Å². The summed E-state index contributed by atoms with van der Waals surface area (Å²) >= 11 is 0. The standard InChI is InChI=1S/C12H16/c1-3-12(2)8-10-6-4-5-7-11(10)9-12/h4-7H,3,8-9H2,1-2H3. The molecule has 0 atom stereocenters. The zero-order valence-corrected chi connectivity index (χ0v) is 7.93. The van der Waals surface area contributed by atoms with Gasteiger partial charge in [0.25, 0.3) is 0 Å². The molecule has 0 aliphatic heterocycles. The summed E-state index contributed by atoms with van der Waals surface area (Å²) in [6.07, 6.45) is 3.85. The maximum absolute atomic E-state index is 2.40. The van der Waals surface area contributed by atoms with Gasteiger partial charge in [-0.05, 0) is 29.4 Å². The van der Waals surface area contributed by atoms with E-state index in [9.17, 15) is 0 Å². The van der Waals surface area contributed by atoms with Crippen LogP contribution in [0.4, 0.5) is 0 Å². The Morgan fingerprint density at radius 3 is 2.08 bits per heavy atom. The molecule has 1 aliphatic rings. The highest BCUT2D eigenvalue weighted by atomic mass is 14.3. The monoisotopic (exact) mass is 160 g/mol. The Kier molecular flexibility index (Phi) is 1.71. The fourth-order valence-corrected chi connectivity index (χ4v) is 2.13. The van der Waals surface area contributed by atoms with E-state index >= 15 is 0 Å². The van der Waals surface area contributed by atoms with Crippen molar-refractivity contribution in [3.8, 4) is 0 Å². The Balaban J connectivity index is 2.33. The third-order valence-corrected chi connectivity index (χ3v) is 3.21. The predicted octanol–water partition coefficient (Wildman–Crippen LogP) is 3.20. The van der Waals surface area contributed by atoms with E-state index < -0.39 is 0 Å². The van der Waals surface area contributed by atoms with Crippen molar-refractivity contribution in [1.29, 1.82) is 0 Å². The zero-order chi connectivity index (χ0) is 8.60. The van der Waals surface area contributed by atoms with Crippen LogP contribution >= 0.6 is 0 Å². The lowest BCUT2D eigenvalue weighted by atomic mass is 9.85. The van der Waals surface area contributed by atoms with Gasteiger partial charge in [-0.1, -0.05) is 44.5 Å². The number of hydrogen-bond donors (Lipinski definition) is 0. The zero-order valence-electron chi connectivity index (χ0n) is 7.93. The Morgan fingerprint density at radius 2 is 1.67 bits per heavy atom. The van der Waals surface area contributed by atoms with Crippen molar-refractivity contribution in [3.63, 3.8) is 0 Å². The quantitative estimate of drug-likeness (QED) is 0.592. The van der Waals surface area contributed by atoms with Gasteiger partial charge in [0.05, 0.1) is 0 Å². The third-order valence-electron chi connectivity index (χ3n) is 3.21. The van der Waals surface area contributed by atoms with Gasteiger partial charge >= 0.3 is 0 Å². The molecule has 0 fully saturated rings. The highest BCUT2D eigenvalue weighted by Gasteiger charge is 2.30. The van der Waals surface area contributed by atoms with Crippen LogP contribution in [0.25, 0.3) is 0 Å². The van der Waals surface area contributed by atoms with Gasteiger partial charge in [0, 0.05) is 0 Å². The molecule has 0 unspecified atom stereocenters. The van der Waals surface area contributed by atoms with Crippen molar-refractivity contribution in [2.75, 3.05) is 0 Å². The first-order valence-corrected chi connectivity index (χ1v) is 4.80. The van der Waals surface area contributed by atoms with Gasteiger partial charge in [-0.3, -0.25) is 0 Å². The molecule has 0 heteroatoms. The minimum atomic E-state index is 0.545. The van der Waals surface area contributed by atoms with E-state index in [1.807, 2.05) is 0 Å². The Morgan fingerprint density at radius 1 is 1.17 bits per heavy atom. The van der Waals surface area contributed by atoms with Gasteiger partial charge in [0.1, 0.15) is 0 Å². The lowest BCUT2D eigenvalue weighted by Gasteiger charge is -2.20. The van der Waals surface area contributed by atoms with Gasteiger partial charge in [-0.2, -0.15) is 0 Å². The summed E-state index contributed by atoms with van der Waals surface area (Å²) in [4.78, 5) is 0. The van der Waals surface area contributed by atoms with Crippen LogP contribution in [0.15, 0.2) is 24.3 Å². The highest BCUT2D eigenvalue weighted by molar-refractivity contribution is 5.33. The SMILES string of the molecule is CCC1(C)Cc2ccccc2C1. The van der Waals surface area contributed by atoms with Crippen LogP contribution in [-0.2, 0) is 12.8 Å². The number of fused-ring (bicyclic) bond motifs is 1. The van der Waals surface area contributed by atoms with Crippen LogP contribution in [0, 0.1) is 5.41 Å². The van der Waals surface area contributed by atoms with Crippen LogP contribution < -0.4 is 0 Å². The Hall–Kier alpha value is -0.780. The van der Waals surface area contributed by atoms with E-state index in [1.54, 1.807) is 11.1 Å². The summed E-state index contributed by atoms with van der Waals surface area (Å²) in [5.41, 5.74) is 3.69. The predicted molar refractivity (Wildman–Crippen MR) is 52.2 cm³/mol. The lowest BCUT2D eigenvalue weighted by molar-refractivity contribution is 0.332. The fourth-order valence-electron chi connectivity index (χ4n) is 2.13. The first kappa shape index (κ1) is 7.85. The van der Waals surface area contributed by atoms with Crippen molar-refractivity contribution in [1.82, 2.24) is 0 Å². The molecule has 0 aromatic heterocycles. The van der Waals surface area contributed by atoms with Crippen molar-refractivity contribution >= 4 is 0 Å². The molecule has 0 heterocycles. The molecule has 1 aliphatic carbocycles. The van der Waals surface area contributed by atoms with Crippen LogP contribution in [0.1, 0.15) is 31.4 Å². The fraction of sp³-hybridized carbons (Fsp3) is 0.500. The lowest BCUT2D eigenvalue weighted by Crippen LogP contribution is -2.14. The molecule has 64 valence electrons. The average Bonchev–Trinajstić information content (AvgIpc) is 2.42. The van der Waals surface area contributed by atoms with Crippen molar-refractivity contribution in [3.05, 3.63) is 35.4 Å². The summed E-state index contributed by atoms with van der Waals surface area (Å²) in [6, 6.07) is 8.85. The molecule has 1 aromatic carbocycles. The molecule has 0 N–H and O–H groups in total. The number of benzene rings is 1. The molecular formula is C12H16. The molecule has 0 amide bonds. The Bertz CT molecular complexity index is 261. The second kappa shape index (κ2) is 2.62. The minimum absolute atomic E-state index is 0.545. The molecule has 0 nitrogen and oxygen atoms in total. The van der Waals surface area contributed by atoms with Crippen LogP contribution in [-0.4, -0.2) is 0 Å². The highest BCUT2D eigenvalue weighted by Crippen LogP contribution is 2.38. The summed E-state index contributed by atoms with van der Waals surface area (Å²) in [5.74, 6) is 0. The molecule has 0 bridgehead atoms. The molecule has 2 rings (SSSR count). The summed E-state index contributed by atoms with van der Waals surface area (Å²) in [7, 11) is 0. The first-order chi connectivity index (χ1) is 5.73. The van der Waals surface area contributed by atoms with Crippen molar-refractivity contribution in [2.45, 2.75) is 33.1 Å². The van der Waals surface area contributed by atoms with E-state index in [0.29, 0.717) is 5.41 Å². The van der Waals surface area contributed by atoms with Crippen molar-refractivity contribution in [2.24, 2.45) is 5.41 Å². The van der Waals surface area contributed by atoms with Gasteiger partial charge in [-0.15, -0.1) is 0 Å². The first-order valence-electron chi connectivity index (χ1n) is 4.80. The summed E-state index contributed by atoms with van der Waals surface area (Å²) < 4.78 is 0. The maximum atomic E-state index is 2.40. The largest absolute Gasteiger partial charge is 0.0648 e. The van der Waals surface area contributed by atoms with E-state index in [4.69, 9.17) is 0 Å². The van der Waals surface area contributed by atoms with Gasteiger partial charge in [0.2, 0.25) is 0 Å². The summed E-state index contributed by atoms with van der Waals surface area (Å²) in [6.45, 7) is 4.69. The normalized spacial score (nSPS) is 19.2. The molecule has 1 aromatic rings. The van der Waals surface area contributed by atoms with Crippen LogP contribution in [0.3, 0.4) is 0 Å². The Labute approximate surface area is 74.6 Å². The van der Waals surface area contributed by atoms with Crippen LogP contribution in [0.2, 0.25) is 0 Å². The van der Waals surface area contributed by atoms with Crippen molar-refractivity contribution < 1.29 is 0 Å². The van der Waals surface area contributed by atoms with E-state index in [0.717, 1.165) is 0 Å². The molecule has 0 radical (unpaired) electrons. The molecule has 0 spiro atoms. The minimum Gasteiger partial charge on any atom is -0.0648 e. The second-order valence-corrected chi connectivity index (χ2v) is 4.29. The average molecular weight is 160 g/mol. The molecule has 0 saturated heterocycles. The third kappa shape index (κ3) is 1.16. The van der Waals surface area contributed by atoms with E-state index in [-0.39, 0.29) is 0 Å².